The smallest absolute Gasteiger partial charge is 0.254 e. The highest BCUT2D eigenvalue weighted by Gasteiger charge is 2.33. The lowest BCUT2D eigenvalue weighted by atomic mass is 10.1. The molecule has 2 heterocycles. The van der Waals surface area contributed by atoms with Gasteiger partial charge in [0.15, 0.2) is 9.84 Å². The molecule has 1 aliphatic heterocycles. The predicted octanol–water partition coefficient (Wildman–Crippen LogP) is 2.74. The molecule has 1 amide bonds. The van der Waals surface area contributed by atoms with E-state index in [1.54, 1.807) is 25.2 Å². The fraction of sp³-hybridized carbons (Fsp3) is 0.294. The highest BCUT2D eigenvalue weighted by Crippen LogP contribution is 2.25. The highest BCUT2D eigenvalue weighted by molar-refractivity contribution is 7.91. The summed E-state index contributed by atoms with van der Waals surface area (Å²) in [4.78, 5) is 18.4. The Morgan fingerprint density at radius 3 is 2.76 bits per heavy atom. The summed E-state index contributed by atoms with van der Waals surface area (Å²) in [5.41, 5.74) is 1.13. The minimum Gasteiger partial charge on any atom is -0.339 e. The number of hydrogen-bond donors (Lipinski definition) is 1. The molecule has 1 unspecified atom stereocenters. The minimum absolute atomic E-state index is 0.0189. The van der Waals surface area contributed by atoms with Crippen molar-refractivity contribution in [1.82, 2.24) is 9.88 Å². The van der Waals surface area contributed by atoms with Gasteiger partial charge in [0.25, 0.3) is 5.91 Å². The van der Waals surface area contributed by atoms with Crippen LogP contribution in [0.3, 0.4) is 0 Å². The average Bonchev–Trinajstić information content (AvgIpc) is 2.96. The first-order chi connectivity index (χ1) is 11.9. The molecule has 1 saturated heterocycles. The van der Waals surface area contributed by atoms with Crippen molar-refractivity contribution in [2.75, 3.05) is 23.9 Å². The molecule has 0 bridgehead atoms. The van der Waals surface area contributed by atoms with E-state index in [1.165, 1.54) is 11.1 Å². The van der Waals surface area contributed by atoms with Gasteiger partial charge in [0, 0.05) is 24.8 Å². The number of amides is 1. The van der Waals surface area contributed by atoms with E-state index in [0.717, 1.165) is 0 Å². The molecule has 1 atom stereocenters. The van der Waals surface area contributed by atoms with Crippen LogP contribution in [-0.4, -0.2) is 48.8 Å². The van der Waals surface area contributed by atoms with Gasteiger partial charge in [0.1, 0.15) is 5.82 Å². The number of carbonyl (C=O) groups is 1. The van der Waals surface area contributed by atoms with E-state index in [2.05, 4.69) is 10.3 Å². The molecule has 132 valence electrons. The molecule has 25 heavy (non-hydrogen) atoms. The van der Waals surface area contributed by atoms with Gasteiger partial charge in [-0.15, -0.1) is 0 Å². The summed E-state index contributed by atoms with van der Waals surface area (Å²) in [7, 11) is -1.41. The van der Waals surface area contributed by atoms with E-state index in [4.69, 9.17) is 11.6 Å². The number of nitrogens with one attached hydrogen (secondary N) is 1. The third kappa shape index (κ3) is 4.11. The molecule has 0 spiro atoms. The zero-order valence-corrected chi connectivity index (χ0v) is 15.2. The number of benzene rings is 1. The molecule has 1 fully saturated rings. The van der Waals surface area contributed by atoms with Gasteiger partial charge in [0.2, 0.25) is 0 Å². The van der Waals surface area contributed by atoms with Crippen LogP contribution in [0.15, 0.2) is 42.6 Å². The number of anilines is 2. The van der Waals surface area contributed by atoms with Gasteiger partial charge in [-0.2, -0.15) is 0 Å². The van der Waals surface area contributed by atoms with Gasteiger partial charge in [-0.25, -0.2) is 13.4 Å². The minimum atomic E-state index is -3.04. The van der Waals surface area contributed by atoms with E-state index < -0.39 is 9.84 Å². The van der Waals surface area contributed by atoms with Crippen molar-refractivity contribution in [1.29, 1.82) is 0 Å². The SMILES string of the molecule is CN(C(=O)c1ccnc(Nc2ccccc2Cl)c1)C1CCS(=O)(=O)C1. The lowest BCUT2D eigenvalue weighted by Gasteiger charge is -2.23. The van der Waals surface area contributed by atoms with Crippen LogP contribution >= 0.6 is 11.6 Å². The van der Waals surface area contributed by atoms with Crippen molar-refractivity contribution in [2.24, 2.45) is 0 Å². The van der Waals surface area contributed by atoms with Crippen LogP contribution in [0.1, 0.15) is 16.8 Å². The first-order valence-electron chi connectivity index (χ1n) is 7.81. The van der Waals surface area contributed by atoms with Gasteiger partial charge in [-0.1, -0.05) is 23.7 Å². The molecule has 1 aliphatic rings. The highest BCUT2D eigenvalue weighted by atomic mass is 35.5. The lowest BCUT2D eigenvalue weighted by Crippen LogP contribution is -2.37. The number of pyridine rings is 1. The summed E-state index contributed by atoms with van der Waals surface area (Å²) < 4.78 is 23.2. The van der Waals surface area contributed by atoms with Crippen molar-refractivity contribution in [3.63, 3.8) is 0 Å². The number of carbonyl (C=O) groups excluding carboxylic acids is 1. The van der Waals surface area contributed by atoms with Crippen LogP contribution in [0.5, 0.6) is 0 Å². The predicted molar refractivity (Wildman–Crippen MR) is 98.1 cm³/mol. The van der Waals surface area contributed by atoms with Crippen LogP contribution in [0.4, 0.5) is 11.5 Å². The number of sulfone groups is 1. The number of rotatable bonds is 4. The largest absolute Gasteiger partial charge is 0.339 e. The van der Waals surface area contributed by atoms with Crippen molar-refractivity contribution in [2.45, 2.75) is 12.5 Å². The van der Waals surface area contributed by atoms with Crippen molar-refractivity contribution >= 4 is 38.9 Å². The van der Waals surface area contributed by atoms with Gasteiger partial charge >= 0.3 is 0 Å². The monoisotopic (exact) mass is 379 g/mol. The molecule has 1 aromatic heterocycles. The van der Waals surface area contributed by atoms with Gasteiger partial charge < -0.3 is 10.2 Å². The fourth-order valence-electron chi connectivity index (χ4n) is 2.78. The zero-order valence-electron chi connectivity index (χ0n) is 13.6. The molecule has 8 heteroatoms. The molecule has 1 N–H and O–H groups in total. The molecule has 0 radical (unpaired) electrons. The first kappa shape index (κ1) is 17.7. The molecule has 6 nitrogen and oxygen atoms in total. The Balaban J connectivity index is 1.77. The second-order valence-electron chi connectivity index (χ2n) is 6.01. The van der Waals surface area contributed by atoms with Crippen LogP contribution in [0, 0.1) is 0 Å². The maximum absolute atomic E-state index is 12.7. The van der Waals surface area contributed by atoms with E-state index in [1.807, 2.05) is 18.2 Å². The fourth-order valence-corrected chi connectivity index (χ4v) is 4.74. The number of aromatic nitrogens is 1. The molecule has 3 rings (SSSR count). The normalized spacial score (nSPS) is 18.7. The number of para-hydroxylation sites is 1. The van der Waals surface area contributed by atoms with Crippen LogP contribution in [-0.2, 0) is 9.84 Å². The topological polar surface area (TPSA) is 79.4 Å². The second-order valence-corrected chi connectivity index (χ2v) is 8.64. The van der Waals surface area contributed by atoms with E-state index >= 15 is 0 Å². The Morgan fingerprint density at radius 2 is 2.08 bits per heavy atom. The third-order valence-electron chi connectivity index (χ3n) is 4.22. The Labute approximate surface area is 151 Å². The average molecular weight is 380 g/mol. The lowest BCUT2D eigenvalue weighted by molar-refractivity contribution is 0.0747. The quantitative estimate of drug-likeness (QED) is 0.883. The summed E-state index contributed by atoms with van der Waals surface area (Å²) in [6.45, 7) is 0. The van der Waals surface area contributed by atoms with E-state index in [-0.39, 0.29) is 23.5 Å². The first-order valence-corrected chi connectivity index (χ1v) is 10.0. The zero-order chi connectivity index (χ0) is 18.0. The molecular formula is C17H18ClN3O3S. The number of hydrogen-bond acceptors (Lipinski definition) is 5. The summed E-state index contributed by atoms with van der Waals surface area (Å²) in [5, 5.41) is 3.63. The van der Waals surface area contributed by atoms with Crippen molar-refractivity contribution < 1.29 is 13.2 Å². The summed E-state index contributed by atoms with van der Waals surface area (Å²) >= 11 is 6.12. The third-order valence-corrected chi connectivity index (χ3v) is 6.30. The van der Waals surface area contributed by atoms with Crippen molar-refractivity contribution in [3.8, 4) is 0 Å². The standard InChI is InChI=1S/C17H18ClN3O3S/c1-21(13-7-9-25(23,24)11-13)17(22)12-6-8-19-16(10-12)20-15-5-3-2-4-14(15)18/h2-6,8,10,13H,7,9,11H2,1H3,(H,19,20). The Morgan fingerprint density at radius 1 is 1.32 bits per heavy atom. The van der Waals surface area contributed by atoms with Gasteiger partial charge in [0.05, 0.1) is 22.2 Å². The molecule has 1 aromatic carbocycles. The number of nitrogens with zero attached hydrogens (tertiary/aromatic N) is 2. The molecule has 0 aliphatic carbocycles. The van der Waals surface area contributed by atoms with Gasteiger partial charge in [-0.05, 0) is 30.7 Å². The maximum atomic E-state index is 12.7. The van der Waals surface area contributed by atoms with Crippen molar-refractivity contribution in [3.05, 3.63) is 53.2 Å². The van der Waals surface area contributed by atoms with E-state index in [9.17, 15) is 13.2 Å². The second kappa shape index (κ2) is 7.01. The summed E-state index contributed by atoms with van der Waals surface area (Å²) in [5.74, 6) is 0.411. The van der Waals surface area contributed by atoms with Crippen LogP contribution in [0.2, 0.25) is 5.02 Å². The molecular weight excluding hydrogens is 362 g/mol. The van der Waals surface area contributed by atoms with Gasteiger partial charge in [-0.3, -0.25) is 4.79 Å². The maximum Gasteiger partial charge on any atom is 0.254 e. The number of halogens is 1. The Bertz CT molecular complexity index is 902. The van der Waals surface area contributed by atoms with E-state index in [0.29, 0.717) is 28.5 Å². The van der Waals surface area contributed by atoms with Crippen LogP contribution in [0.25, 0.3) is 0 Å². The van der Waals surface area contributed by atoms with Crippen LogP contribution < -0.4 is 5.32 Å². The summed E-state index contributed by atoms with van der Waals surface area (Å²) in [6, 6.07) is 10.2. The molecule has 0 saturated carbocycles. The summed E-state index contributed by atoms with van der Waals surface area (Å²) in [6.07, 6.45) is 2.01. The molecule has 2 aromatic rings. The Hall–Kier alpha value is -2.12. The Kier molecular flexibility index (Phi) is 4.96.